The van der Waals surface area contributed by atoms with Crippen LogP contribution in [0.5, 0.6) is 5.75 Å². The summed E-state index contributed by atoms with van der Waals surface area (Å²) in [6.07, 6.45) is 10.5. The molecule has 0 saturated heterocycles. The van der Waals surface area contributed by atoms with Crippen LogP contribution in [0.25, 0.3) is 0 Å². The Labute approximate surface area is 112 Å². The van der Waals surface area contributed by atoms with Crippen LogP contribution in [0, 0.1) is 0 Å². The maximum Gasteiger partial charge on any atom is 0.542 e. The van der Waals surface area contributed by atoms with Gasteiger partial charge in [0.1, 0.15) is 0 Å². The van der Waals surface area contributed by atoms with E-state index in [2.05, 4.69) is 19.1 Å². The molecule has 1 rings (SSSR count). The van der Waals surface area contributed by atoms with Gasteiger partial charge in [-0.2, -0.15) is 0 Å². The minimum atomic E-state index is -0.718. The number of rotatable bonds is 10. The van der Waals surface area contributed by atoms with E-state index in [0.29, 0.717) is 5.75 Å². The van der Waals surface area contributed by atoms with Gasteiger partial charge in [0.2, 0.25) is 0 Å². The van der Waals surface area contributed by atoms with E-state index < -0.39 is 8.69 Å². The van der Waals surface area contributed by atoms with Gasteiger partial charge in [-0.15, -0.1) is 0 Å². The van der Waals surface area contributed by atoms with Crippen LogP contribution in [0.3, 0.4) is 0 Å². The smallest absolute Gasteiger partial charge is 0.256 e. The van der Waals surface area contributed by atoms with Crippen molar-refractivity contribution in [1.29, 1.82) is 0 Å². The third-order valence-corrected chi connectivity index (χ3v) is 3.47. The van der Waals surface area contributed by atoms with E-state index in [1.54, 1.807) is 0 Å². The zero-order chi connectivity index (χ0) is 13.1. The van der Waals surface area contributed by atoms with E-state index in [9.17, 15) is 4.57 Å². The van der Waals surface area contributed by atoms with Gasteiger partial charge in [0.15, 0.2) is 5.75 Å². The van der Waals surface area contributed by atoms with Crippen LogP contribution < -0.4 is 4.52 Å². The highest BCUT2D eigenvalue weighted by molar-refractivity contribution is 7.17. The minimum Gasteiger partial charge on any atom is -0.256 e. The predicted molar refractivity (Wildman–Crippen MR) is 77.8 cm³/mol. The molecule has 0 aromatic heterocycles. The van der Waals surface area contributed by atoms with Crippen molar-refractivity contribution in [3.8, 4) is 5.75 Å². The van der Waals surface area contributed by atoms with Gasteiger partial charge in [-0.1, -0.05) is 57.6 Å². The van der Waals surface area contributed by atoms with Gasteiger partial charge in [-0.05, 0) is 35.1 Å². The largest absolute Gasteiger partial charge is 0.542 e. The second-order valence-electron chi connectivity index (χ2n) is 4.70. The van der Waals surface area contributed by atoms with Crippen LogP contribution in [-0.4, -0.2) is 0 Å². The summed E-state index contributed by atoms with van der Waals surface area (Å²) < 4.78 is 15.2. The summed E-state index contributed by atoms with van der Waals surface area (Å²) >= 11 is 0. The summed E-state index contributed by atoms with van der Waals surface area (Å²) in [5, 5.41) is 0. The SMILES string of the molecule is CCCCCCCCCc1ccc(O[PH+]=O)cc1. The van der Waals surface area contributed by atoms with Crippen molar-refractivity contribution in [2.75, 3.05) is 0 Å². The zero-order valence-corrected chi connectivity index (χ0v) is 12.3. The number of hydrogen-bond acceptors (Lipinski definition) is 2. The van der Waals surface area contributed by atoms with Crippen LogP contribution in [0.15, 0.2) is 24.3 Å². The maximum absolute atomic E-state index is 10.3. The van der Waals surface area contributed by atoms with Gasteiger partial charge in [-0.25, -0.2) is 0 Å². The van der Waals surface area contributed by atoms with Crippen molar-refractivity contribution >= 4 is 8.69 Å². The Bertz CT molecular complexity index is 322. The van der Waals surface area contributed by atoms with Crippen LogP contribution >= 0.6 is 8.69 Å². The van der Waals surface area contributed by atoms with Gasteiger partial charge >= 0.3 is 8.69 Å². The predicted octanol–water partition coefficient (Wildman–Crippen LogP) is 5.30. The molecular weight excluding hydrogens is 243 g/mol. The van der Waals surface area contributed by atoms with Crippen molar-refractivity contribution < 1.29 is 9.09 Å². The normalized spacial score (nSPS) is 10.7. The molecule has 0 aliphatic carbocycles. The topological polar surface area (TPSA) is 26.3 Å². The van der Waals surface area contributed by atoms with Gasteiger partial charge in [0.05, 0.1) is 0 Å². The van der Waals surface area contributed by atoms with Gasteiger partial charge in [0, 0.05) is 0 Å². The second kappa shape index (κ2) is 10.1. The first kappa shape index (κ1) is 15.2. The molecule has 0 heterocycles. The molecule has 0 spiro atoms. The molecule has 1 atom stereocenters. The molecule has 1 aromatic carbocycles. The van der Waals surface area contributed by atoms with Crippen molar-refractivity contribution in [3.05, 3.63) is 29.8 Å². The lowest BCUT2D eigenvalue weighted by atomic mass is 10.0. The molecule has 3 heteroatoms. The van der Waals surface area contributed by atoms with Crippen molar-refractivity contribution in [2.24, 2.45) is 0 Å². The minimum absolute atomic E-state index is 0.687. The Morgan fingerprint density at radius 2 is 1.56 bits per heavy atom. The molecule has 18 heavy (non-hydrogen) atoms. The molecule has 0 N–H and O–H groups in total. The third-order valence-electron chi connectivity index (χ3n) is 3.15. The fraction of sp³-hybridized carbons (Fsp3) is 0.600. The van der Waals surface area contributed by atoms with E-state index >= 15 is 0 Å². The molecule has 2 nitrogen and oxygen atoms in total. The quantitative estimate of drug-likeness (QED) is 0.425. The first-order valence-corrected chi connectivity index (χ1v) is 7.81. The Balaban J connectivity index is 2.09. The van der Waals surface area contributed by atoms with Crippen LogP contribution in [0.1, 0.15) is 57.4 Å². The van der Waals surface area contributed by atoms with Gasteiger partial charge < -0.3 is 0 Å². The summed E-state index contributed by atoms with van der Waals surface area (Å²) in [6, 6.07) is 7.90. The average molecular weight is 267 g/mol. The van der Waals surface area contributed by atoms with Crippen molar-refractivity contribution in [2.45, 2.75) is 58.3 Å². The maximum atomic E-state index is 10.3. The molecule has 0 aliphatic rings. The van der Waals surface area contributed by atoms with Crippen LogP contribution in [0.2, 0.25) is 0 Å². The molecule has 0 aliphatic heterocycles. The molecule has 1 unspecified atom stereocenters. The first-order chi connectivity index (χ1) is 8.86. The van der Waals surface area contributed by atoms with Crippen molar-refractivity contribution in [1.82, 2.24) is 0 Å². The number of aryl methyl sites for hydroxylation is 1. The molecule has 0 bridgehead atoms. The fourth-order valence-corrected chi connectivity index (χ4v) is 2.29. The Hall–Kier alpha value is -0.880. The van der Waals surface area contributed by atoms with Crippen molar-refractivity contribution in [3.63, 3.8) is 0 Å². The first-order valence-electron chi connectivity index (χ1n) is 6.99. The Morgan fingerprint density at radius 3 is 2.17 bits per heavy atom. The van der Waals surface area contributed by atoms with E-state index in [-0.39, 0.29) is 0 Å². The highest BCUT2D eigenvalue weighted by Gasteiger charge is 1.99. The molecule has 1 aromatic rings. The summed E-state index contributed by atoms with van der Waals surface area (Å²) in [4.78, 5) is 0. The van der Waals surface area contributed by atoms with E-state index in [1.165, 1.54) is 50.5 Å². The molecular formula is C15H24O2P+. The van der Waals surface area contributed by atoms with E-state index in [0.717, 1.165) is 6.42 Å². The third kappa shape index (κ3) is 6.76. The van der Waals surface area contributed by atoms with E-state index in [4.69, 9.17) is 4.52 Å². The standard InChI is InChI=1S/C15H24O2P/c1-2-3-4-5-6-7-8-9-14-10-12-15(13-11-14)17-18-16/h10-13,18H,2-9H2,1H3/q+1. The van der Waals surface area contributed by atoms with Gasteiger partial charge in [0.25, 0.3) is 0 Å². The molecule has 0 saturated carbocycles. The Morgan fingerprint density at radius 1 is 0.944 bits per heavy atom. The average Bonchev–Trinajstić information content (AvgIpc) is 2.40. The number of hydrogen-bond donors (Lipinski definition) is 0. The summed E-state index contributed by atoms with van der Waals surface area (Å²) in [5.74, 6) is 0.687. The summed E-state index contributed by atoms with van der Waals surface area (Å²) in [7, 11) is -0.718. The van der Waals surface area contributed by atoms with E-state index in [1.807, 2.05) is 12.1 Å². The van der Waals surface area contributed by atoms with Crippen LogP contribution in [-0.2, 0) is 11.0 Å². The molecule has 0 amide bonds. The summed E-state index contributed by atoms with van der Waals surface area (Å²) in [6.45, 7) is 2.25. The lowest BCUT2D eigenvalue weighted by Gasteiger charge is -2.02. The molecule has 0 fully saturated rings. The fourth-order valence-electron chi connectivity index (χ4n) is 2.06. The van der Waals surface area contributed by atoms with Gasteiger partial charge in [-0.3, -0.25) is 4.52 Å². The number of unbranched alkanes of at least 4 members (excludes halogenated alkanes) is 6. The lowest BCUT2D eigenvalue weighted by Crippen LogP contribution is -1.86. The second-order valence-corrected chi connectivity index (χ2v) is 5.07. The zero-order valence-electron chi connectivity index (χ0n) is 11.3. The summed E-state index contributed by atoms with van der Waals surface area (Å²) in [5.41, 5.74) is 1.34. The highest BCUT2D eigenvalue weighted by atomic mass is 31.1. The Kier molecular flexibility index (Phi) is 8.50. The monoisotopic (exact) mass is 267 g/mol. The van der Waals surface area contributed by atoms with Crippen LogP contribution in [0.4, 0.5) is 0 Å². The number of benzene rings is 1. The molecule has 0 radical (unpaired) electrons. The molecule has 100 valence electrons. The highest BCUT2D eigenvalue weighted by Crippen LogP contribution is 2.17. The lowest BCUT2D eigenvalue weighted by molar-refractivity contribution is 0.525.